The minimum atomic E-state index is -0.165. The molecule has 0 aliphatic carbocycles. The Morgan fingerprint density at radius 1 is 1.35 bits per heavy atom. The van der Waals surface area contributed by atoms with Gasteiger partial charge in [0.15, 0.2) is 0 Å². The van der Waals surface area contributed by atoms with E-state index in [0.29, 0.717) is 13.2 Å². The van der Waals surface area contributed by atoms with E-state index in [4.69, 9.17) is 4.74 Å². The van der Waals surface area contributed by atoms with Crippen molar-refractivity contribution in [3.63, 3.8) is 0 Å². The van der Waals surface area contributed by atoms with Crippen molar-refractivity contribution in [2.75, 3.05) is 25.6 Å². The lowest BCUT2D eigenvalue weighted by atomic mass is 10.2. The Hall–Kier alpha value is -2.01. The summed E-state index contributed by atoms with van der Waals surface area (Å²) in [5.74, 6) is 0. The van der Waals surface area contributed by atoms with E-state index < -0.39 is 0 Å². The fourth-order valence-electron chi connectivity index (χ4n) is 2.13. The molecule has 2 amide bonds. The highest BCUT2D eigenvalue weighted by Gasteiger charge is 2.10. The largest absolute Gasteiger partial charge is 0.383 e. The lowest BCUT2D eigenvalue weighted by Crippen LogP contribution is -2.29. The van der Waals surface area contributed by atoms with Crippen LogP contribution in [0.25, 0.3) is 10.9 Å². The zero-order chi connectivity index (χ0) is 14.4. The first-order valence-electron chi connectivity index (χ1n) is 6.88. The molecule has 108 valence electrons. The molecule has 2 N–H and O–H groups in total. The summed E-state index contributed by atoms with van der Waals surface area (Å²) < 4.78 is 7.21. The zero-order valence-corrected chi connectivity index (χ0v) is 12.0. The number of rotatable bonds is 6. The molecule has 2 aromatic rings. The summed E-state index contributed by atoms with van der Waals surface area (Å²) in [7, 11) is 1.68. The number of para-hydroxylation sites is 1. The SMILES string of the molecule is CCCNC(=O)Nc1cn(CCOC)c2ccccc12. The highest BCUT2D eigenvalue weighted by molar-refractivity contribution is 6.01. The van der Waals surface area contributed by atoms with Gasteiger partial charge in [0.25, 0.3) is 0 Å². The number of methoxy groups -OCH3 is 1. The number of anilines is 1. The Labute approximate surface area is 118 Å². The number of ether oxygens (including phenoxy) is 1. The van der Waals surface area contributed by atoms with Gasteiger partial charge in [-0.25, -0.2) is 4.79 Å². The summed E-state index contributed by atoms with van der Waals surface area (Å²) in [5.41, 5.74) is 1.92. The van der Waals surface area contributed by atoms with E-state index in [0.717, 1.165) is 29.6 Å². The number of hydrogen-bond acceptors (Lipinski definition) is 2. The third kappa shape index (κ3) is 3.30. The number of benzene rings is 1. The molecule has 5 nitrogen and oxygen atoms in total. The van der Waals surface area contributed by atoms with Crippen molar-refractivity contribution in [3.05, 3.63) is 30.5 Å². The predicted molar refractivity (Wildman–Crippen MR) is 81.1 cm³/mol. The van der Waals surface area contributed by atoms with Gasteiger partial charge in [0.1, 0.15) is 0 Å². The van der Waals surface area contributed by atoms with Gasteiger partial charge < -0.3 is 19.9 Å². The number of carbonyl (C=O) groups excluding carboxylic acids is 1. The third-order valence-corrected chi connectivity index (χ3v) is 3.11. The number of nitrogens with one attached hydrogen (secondary N) is 2. The van der Waals surface area contributed by atoms with Crippen LogP contribution >= 0.6 is 0 Å². The number of carbonyl (C=O) groups is 1. The van der Waals surface area contributed by atoms with E-state index in [2.05, 4.69) is 15.2 Å². The Morgan fingerprint density at radius 3 is 2.90 bits per heavy atom. The zero-order valence-electron chi connectivity index (χ0n) is 12.0. The van der Waals surface area contributed by atoms with E-state index in [1.54, 1.807) is 7.11 Å². The minimum Gasteiger partial charge on any atom is -0.383 e. The van der Waals surface area contributed by atoms with Gasteiger partial charge in [0.2, 0.25) is 0 Å². The molecule has 0 aliphatic rings. The summed E-state index contributed by atoms with van der Waals surface area (Å²) in [5, 5.41) is 6.76. The van der Waals surface area contributed by atoms with Gasteiger partial charge in [-0.1, -0.05) is 25.1 Å². The average molecular weight is 275 g/mol. The van der Waals surface area contributed by atoms with Crippen LogP contribution in [0, 0.1) is 0 Å². The van der Waals surface area contributed by atoms with Crippen LogP contribution in [0.3, 0.4) is 0 Å². The third-order valence-electron chi connectivity index (χ3n) is 3.11. The van der Waals surface area contributed by atoms with Crippen LogP contribution in [-0.2, 0) is 11.3 Å². The van der Waals surface area contributed by atoms with E-state index in [1.165, 1.54) is 0 Å². The molecular weight excluding hydrogens is 254 g/mol. The first kappa shape index (κ1) is 14.4. The average Bonchev–Trinajstić information content (AvgIpc) is 2.81. The molecule has 0 atom stereocenters. The summed E-state index contributed by atoms with van der Waals surface area (Å²) >= 11 is 0. The molecule has 0 radical (unpaired) electrons. The summed E-state index contributed by atoms with van der Waals surface area (Å²) in [6, 6.07) is 7.85. The fourth-order valence-corrected chi connectivity index (χ4v) is 2.13. The van der Waals surface area contributed by atoms with Gasteiger partial charge >= 0.3 is 6.03 Å². The molecule has 0 aliphatic heterocycles. The Morgan fingerprint density at radius 2 is 2.15 bits per heavy atom. The van der Waals surface area contributed by atoms with Crippen molar-refractivity contribution in [3.8, 4) is 0 Å². The number of fused-ring (bicyclic) bond motifs is 1. The Balaban J connectivity index is 2.22. The van der Waals surface area contributed by atoms with Crippen molar-refractivity contribution in [2.24, 2.45) is 0 Å². The number of hydrogen-bond donors (Lipinski definition) is 2. The monoisotopic (exact) mass is 275 g/mol. The topological polar surface area (TPSA) is 55.3 Å². The Bertz CT molecular complexity index is 578. The van der Waals surface area contributed by atoms with Crippen molar-refractivity contribution in [2.45, 2.75) is 19.9 Å². The van der Waals surface area contributed by atoms with Crippen molar-refractivity contribution >= 4 is 22.6 Å². The van der Waals surface area contributed by atoms with Gasteiger partial charge in [0, 0.05) is 31.8 Å². The highest BCUT2D eigenvalue weighted by Crippen LogP contribution is 2.25. The molecule has 1 aromatic carbocycles. The number of amides is 2. The molecule has 0 saturated carbocycles. The van der Waals surface area contributed by atoms with Crippen molar-refractivity contribution < 1.29 is 9.53 Å². The van der Waals surface area contributed by atoms with Gasteiger partial charge in [-0.15, -0.1) is 0 Å². The Kier molecular flexibility index (Phi) is 5.01. The van der Waals surface area contributed by atoms with Crippen LogP contribution < -0.4 is 10.6 Å². The highest BCUT2D eigenvalue weighted by atomic mass is 16.5. The minimum absolute atomic E-state index is 0.165. The summed E-state index contributed by atoms with van der Waals surface area (Å²) in [6.07, 6.45) is 2.87. The van der Waals surface area contributed by atoms with E-state index in [1.807, 2.05) is 37.4 Å². The van der Waals surface area contributed by atoms with Crippen LogP contribution in [0.15, 0.2) is 30.5 Å². The van der Waals surface area contributed by atoms with Crippen LogP contribution in [0.2, 0.25) is 0 Å². The second kappa shape index (κ2) is 6.96. The molecule has 0 spiro atoms. The van der Waals surface area contributed by atoms with Gasteiger partial charge in [-0.2, -0.15) is 0 Å². The second-order valence-corrected chi connectivity index (χ2v) is 4.63. The van der Waals surface area contributed by atoms with Crippen LogP contribution in [-0.4, -0.2) is 30.9 Å². The molecule has 0 unspecified atom stereocenters. The predicted octanol–water partition coefficient (Wildman–Crippen LogP) is 2.82. The van der Waals surface area contributed by atoms with Gasteiger partial charge in [-0.3, -0.25) is 0 Å². The smallest absolute Gasteiger partial charge is 0.319 e. The van der Waals surface area contributed by atoms with E-state index in [-0.39, 0.29) is 6.03 Å². The van der Waals surface area contributed by atoms with E-state index in [9.17, 15) is 4.79 Å². The maximum Gasteiger partial charge on any atom is 0.319 e. The van der Waals surface area contributed by atoms with Crippen LogP contribution in [0.1, 0.15) is 13.3 Å². The van der Waals surface area contributed by atoms with E-state index >= 15 is 0 Å². The van der Waals surface area contributed by atoms with Crippen molar-refractivity contribution in [1.82, 2.24) is 9.88 Å². The first-order valence-corrected chi connectivity index (χ1v) is 6.88. The lowest BCUT2D eigenvalue weighted by Gasteiger charge is -2.05. The number of urea groups is 1. The maximum absolute atomic E-state index is 11.8. The first-order chi connectivity index (χ1) is 9.76. The van der Waals surface area contributed by atoms with Crippen LogP contribution in [0.5, 0.6) is 0 Å². The standard InChI is InChI=1S/C15H21N3O2/c1-3-8-16-15(19)17-13-11-18(9-10-20-2)14-7-5-4-6-12(13)14/h4-7,11H,3,8-10H2,1-2H3,(H2,16,17,19). The molecule has 5 heteroatoms. The number of aromatic nitrogens is 1. The van der Waals surface area contributed by atoms with Crippen molar-refractivity contribution in [1.29, 1.82) is 0 Å². The van der Waals surface area contributed by atoms with Gasteiger partial charge in [-0.05, 0) is 12.5 Å². The van der Waals surface area contributed by atoms with Gasteiger partial charge in [0.05, 0.1) is 17.8 Å². The second-order valence-electron chi connectivity index (χ2n) is 4.63. The molecule has 0 fully saturated rings. The summed E-state index contributed by atoms with van der Waals surface area (Å²) in [4.78, 5) is 11.8. The molecule has 2 rings (SSSR count). The molecule has 20 heavy (non-hydrogen) atoms. The normalized spacial score (nSPS) is 10.7. The quantitative estimate of drug-likeness (QED) is 0.851. The molecule has 0 bridgehead atoms. The molecule has 1 heterocycles. The molecular formula is C15H21N3O2. The summed E-state index contributed by atoms with van der Waals surface area (Å²) in [6.45, 7) is 4.10. The lowest BCUT2D eigenvalue weighted by molar-refractivity contribution is 0.188. The number of nitrogens with zero attached hydrogens (tertiary/aromatic N) is 1. The molecule has 1 aromatic heterocycles. The van der Waals surface area contributed by atoms with Crippen LogP contribution in [0.4, 0.5) is 10.5 Å². The fraction of sp³-hybridized carbons (Fsp3) is 0.400. The maximum atomic E-state index is 11.8. The molecule has 0 saturated heterocycles.